The number of hydrogen-bond donors (Lipinski definition) is 0. The summed E-state index contributed by atoms with van der Waals surface area (Å²) in [4.78, 5) is 8.44. The van der Waals surface area contributed by atoms with Crippen LogP contribution in [0.4, 0.5) is 0 Å². The molecule has 0 aliphatic rings. The van der Waals surface area contributed by atoms with Crippen molar-refractivity contribution in [1.29, 1.82) is 10.5 Å². The molecule has 0 aliphatic heterocycles. The molecule has 2 aromatic rings. The van der Waals surface area contributed by atoms with Crippen LogP contribution in [0, 0.1) is 22.7 Å². The molecule has 0 aromatic carbocycles. The fourth-order valence-electron chi connectivity index (χ4n) is 1.56. The third kappa shape index (κ3) is 3.33. The summed E-state index contributed by atoms with van der Waals surface area (Å²) in [5, 5.41) is 17.7. The van der Waals surface area contributed by atoms with Crippen LogP contribution in [-0.2, 0) is 20.4 Å². The van der Waals surface area contributed by atoms with Gasteiger partial charge in [-0.2, -0.15) is 10.5 Å². The Morgan fingerprint density at radius 3 is 2.47 bits per heavy atom. The second kappa shape index (κ2) is 7.19. The standard InChI is InChI=1S/C14H8N4.Pd/c15-7-6-11(10-16)12-4-3-9-18-14(12)13-5-1-2-8-17-13;/h1-6,8-9H;/b11-6-;. The molecule has 0 fully saturated rings. The smallest absolute Gasteiger partial charge is 0.101 e. The van der Waals surface area contributed by atoms with Crippen molar-refractivity contribution in [2.45, 2.75) is 0 Å². The molecule has 0 bridgehead atoms. The zero-order valence-electron chi connectivity index (χ0n) is 9.72. The van der Waals surface area contributed by atoms with Gasteiger partial charge in [0.05, 0.1) is 23.0 Å². The van der Waals surface area contributed by atoms with Crippen LogP contribution in [-0.4, -0.2) is 9.97 Å². The SMILES string of the molecule is N#C/C=C(/C#N)c1cccnc1-c1ccccn1.[Pd]. The van der Waals surface area contributed by atoms with Gasteiger partial charge in [0.15, 0.2) is 0 Å². The van der Waals surface area contributed by atoms with Gasteiger partial charge in [-0.05, 0) is 24.3 Å². The maximum absolute atomic E-state index is 9.06. The van der Waals surface area contributed by atoms with Crippen molar-refractivity contribution in [3.8, 4) is 23.5 Å². The monoisotopic (exact) mass is 338 g/mol. The predicted octanol–water partition coefficient (Wildman–Crippen LogP) is 2.57. The van der Waals surface area contributed by atoms with E-state index >= 15 is 0 Å². The number of pyridine rings is 2. The van der Waals surface area contributed by atoms with Gasteiger partial charge in [-0.3, -0.25) is 9.97 Å². The van der Waals surface area contributed by atoms with Gasteiger partial charge < -0.3 is 0 Å². The molecule has 94 valence electrons. The number of allylic oxidation sites excluding steroid dienone is 2. The van der Waals surface area contributed by atoms with Crippen molar-refractivity contribution in [2.24, 2.45) is 0 Å². The Morgan fingerprint density at radius 1 is 1.05 bits per heavy atom. The molecule has 0 atom stereocenters. The van der Waals surface area contributed by atoms with Crippen LogP contribution in [0.2, 0.25) is 0 Å². The molecule has 5 heteroatoms. The summed E-state index contributed by atoms with van der Waals surface area (Å²) >= 11 is 0. The van der Waals surface area contributed by atoms with E-state index in [-0.39, 0.29) is 26.0 Å². The predicted molar refractivity (Wildman–Crippen MR) is 66.7 cm³/mol. The number of nitrogens with zero attached hydrogens (tertiary/aromatic N) is 4. The second-order valence-corrected chi connectivity index (χ2v) is 3.41. The van der Waals surface area contributed by atoms with Gasteiger partial charge >= 0.3 is 0 Å². The fraction of sp³-hybridized carbons (Fsp3) is 0. The summed E-state index contributed by atoms with van der Waals surface area (Å²) in [6, 6.07) is 12.8. The van der Waals surface area contributed by atoms with E-state index in [4.69, 9.17) is 10.5 Å². The average molecular weight is 339 g/mol. The molecule has 2 aromatic heterocycles. The second-order valence-electron chi connectivity index (χ2n) is 3.41. The fourth-order valence-corrected chi connectivity index (χ4v) is 1.56. The van der Waals surface area contributed by atoms with E-state index in [1.165, 1.54) is 6.08 Å². The van der Waals surface area contributed by atoms with Crippen molar-refractivity contribution < 1.29 is 20.4 Å². The van der Waals surface area contributed by atoms with E-state index in [1.807, 2.05) is 30.3 Å². The van der Waals surface area contributed by atoms with Crippen LogP contribution in [0.25, 0.3) is 17.0 Å². The van der Waals surface area contributed by atoms with E-state index in [0.29, 0.717) is 17.0 Å². The summed E-state index contributed by atoms with van der Waals surface area (Å²) in [5.41, 5.74) is 2.17. The van der Waals surface area contributed by atoms with Gasteiger partial charge in [0.2, 0.25) is 0 Å². The molecule has 0 saturated heterocycles. The molecule has 0 spiro atoms. The van der Waals surface area contributed by atoms with Crippen molar-refractivity contribution >= 4 is 5.57 Å². The molecule has 0 amide bonds. The van der Waals surface area contributed by atoms with Crippen LogP contribution in [0.15, 0.2) is 48.8 Å². The van der Waals surface area contributed by atoms with Gasteiger partial charge in [0.1, 0.15) is 6.07 Å². The van der Waals surface area contributed by atoms with E-state index in [1.54, 1.807) is 24.5 Å². The molecule has 0 aliphatic carbocycles. The first-order chi connectivity index (χ1) is 8.86. The third-order valence-electron chi connectivity index (χ3n) is 2.33. The Hall–Kier alpha value is -2.32. The topological polar surface area (TPSA) is 73.4 Å². The zero-order chi connectivity index (χ0) is 12.8. The van der Waals surface area contributed by atoms with Crippen LogP contribution in [0.3, 0.4) is 0 Å². The minimum atomic E-state index is 0. The largest absolute Gasteiger partial charge is 0.255 e. The van der Waals surface area contributed by atoms with Crippen LogP contribution in [0.5, 0.6) is 0 Å². The van der Waals surface area contributed by atoms with Gasteiger partial charge in [-0.25, -0.2) is 0 Å². The van der Waals surface area contributed by atoms with E-state index in [2.05, 4.69) is 9.97 Å². The van der Waals surface area contributed by atoms with Gasteiger partial charge in [-0.1, -0.05) is 6.07 Å². The molecule has 19 heavy (non-hydrogen) atoms. The first-order valence-corrected chi connectivity index (χ1v) is 5.23. The first kappa shape index (κ1) is 14.7. The molecule has 0 unspecified atom stereocenters. The summed E-state index contributed by atoms with van der Waals surface area (Å²) in [6.45, 7) is 0. The number of rotatable bonds is 2. The normalized spacial score (nSPS) is 9.89. The average Bonchev–Trinajstić information content (AvgIpc) is 2.46. The molecule has 0 N–H and O–H groups in total. The van der Waals surface area contributed by atoms with Gasteiger partial charge in [0, 0.05) is 44.5 Å². The Bertz CT molecular complexity index is 666. The molecule has 2 rings (SSSR count). The number of aromatic nitrogens is 2. The zero-order valence-corrected chi connectivity index (χ0v) is 11.3. The molecular formula is C14H8N4Pd. The molecular weight excluding hydrogens is 331 g/mol. The molecule has 4 nitrogen and oxygen atoms in total. The summed E-state index contributed by atoms with van der Waals surface area (Å²) < 4.78 is 0. The Balaban J connectivity index is 0.00000180. The van der Waals surface area contributed by atoms with E-state index in [9.17, 15) is 0 Å². The molecule has 0 saturated carbocycles. The van der Waals surface area contributed by atoms with Crippen molar-refractivity contribution in [3.63, 3.8) is 0 Å². The molecule has 2 heterocycles. The number of hydrogen-bond acceptors (Lipinski definition) is 4. The van der Waals surface area contributed by atoms with Crippen LogP contribution < -0.4 is 0 Å². The molecule has 0 radical (unpaired) electrons. The maximum atomic E-state index is 9.06. The minimum Gasteiger partial charge on any atom is -0.255 e. The van der Waals surface area contributed by atoms with Crippen LogP contribution in [0.1, 0.15) is 5.56 Å². The third-order valence-corrected chi connectivity index (χ3v) is 2.33. The van der Waals surface area contributed by atoms with E-state index in [0.717, 1.165) is 0 Å². The maximum Gasteiger partial charge on any atom is 0.101 e. The Kier molecular flexibility index (Phi) is 5.58. The van der Waals surface area contributed by atoms with Crippen molar-refractivity contribution in [2.75, 3.05) is 0 Å². The summed E-state index contributed by atoms with van der Waals surface area (Å²) in [7, 11) is 0. The van der Waals surface area contributed by atoms with Crippen LogP contribution >= 0.6 is 0 Å². The Labute approximate surface area is 124 Å². The van der Waals surface area contributed by atoms with Gasteiger partial charge in [-0.15, -0.1) is 0 Å². The summed E-state index contributed by atoms with van der Waals surface area (Å²) in [6.07, 6.45) is 4.51. The quantitative estimate of drug-likeness (QED) is 0.623. The minimum absolute atomic E-state index is 0. The Morgan fingerprint density at radius 2 is 1.84 bits per heavy atom. The van der Waals surface area contributed by atoms with Gasteiger partial charge in [0.25, 0.3) is 0 Å². The first-order valence-electron chi connectivity index (χ1n) is 5.23. The number of nitriles is 2. The summed E-state index contributed by atoms with van der Waals surface area (Å²) in [5.74, 6) is 0. The van der Waals surface area contributed by atoms with Crippen molar-refractivity contribution in [3.05, 3.63) is 54.4 Å². The van der Waals surface area contributed by atoms with E-state index < -0.39 is 0 Å². The van der Waals surface area contributed by atoms with Crippen molar-refractivity contribution in [1.82, 2.24) is 9.97 Å².